The van der Waals surface area contributed by atoms with Crippen molar-refractivity contribution >= 4 is 40.7 Å². The van der Waals surface area contributed by atoms with Crippen molar-refractivity contribution in [1.29, 1.82) is 0 Å². The lowest BCUT2D eigenvalue weighted by molar-refractivity contribution is -0.137. The molecule has 2 aliphatic heterocycles. The molecule has 3 aromatic rings. The van der Waals surface area contributed by atoms with Crippen LogP contribution in [0.5, 0.6) is 11.5 Å². The molecule has 0 aliphatic carbocycles. The number of carbonyl (C=O) groups is 3. The van der Waals surface area contributed by atoms with Gasteiger partial charge < -0.3 is 29.0 Å². The summed E-state index contributed by atoms with van der Waals surface area (Å²) in [4.78, 5) is 47.5. The van der Waals surface area contributed by atoms with Gasteiger partial charge in [0.25, 0.3) is 0 Å². The maximum atomic E-state index is 13.1. The van der Waals surface area contributed by atoms with Gasteiger partial charge in [-0.15, -0.1) is 0 Å². The fraction of sp³-hybridized carbons (Fsp3) is 0.407. The monoisotopic (exact) mass is 540 g/mol. The highest BCUT2D eigenvalue weighted by molar-refractivity contribution is 6.13. The molecular formula is C27H29ClN4O6. The number of hydrogen-bond donors (Lipinski definition) is 2. The molecule has 1 aromatic heterocycles. The van der Waals surface area contributed by atoms with Crippen molar-refractivity contribution in [2.24, 2.45) is 5.92 Å². The molecule has 1 saturated heterocycles. The Hall–Kier alpha value is -3.79. The quantitative estimate of drug-likeness (QED) is 0.448. The number of hydrogen-bond acceptors (Lipinski definition) is 7. The Bertz CT molecular complexity index is 1290. The van der Waals surface area contributed by atoms with E-state index in [1.807, 2.05) is 24.3 Å². The van der Waals surface area contributed by atoms with E-state index in [2.05, 4.69) is 19.6 Å². The van der Waals surface area contributed by atoms with Gasteiger partial charge in [-0.1, -0.05) is 18.2 Å². The summed E-state index contributed by atoms with van der Waals surface area (Å²) in [6.07, 6.45) is 1.82. The number of halogens is 1. The largest absolute Gasteiger partial charge is 0.486 e. The minimum absolute atomic E-state index is 0.0447. The fourth-order valence-electron chi connectivity index (χ4n) is 4.92. The Labute approximate surface area is 224 Å². The zero-order valence-corrected chi connectivity index (χ0v) is 21.5. The van der Waals surface area contributed by atoms with Crippen LogP contribution in [0.15, 0.2) is 42.5 Å². The molecule has 0 saturated carbocycles. The normalized spacial score (nSPS) is 16.2. The van der Waals surface area contributed by atoms with Gasteiger partial charge in [0.05, 0.1) is 23.5 Å². The van der Waals surface area contributed by atoms with Crippen LogP contribution in [0, 0.1) is 5.92 Å². The predicted octanol–water partition coefficient (Wildman–Crippen LogP) is 3.45. The molecule has 1 fully saturated rings. The minimum atomic E-state index is -0.656. The van der Waals surface area contributed by atoms with Gasteiger partial charge in [0, 0.05) is 31.8 Å². The van der Waals surface area contributed by atoms with Crippen LogP contribution in [0.2, 0.25) is 0 Å². The molecule has 0 bridgehead atoms. The summed E-state index contributed by atoms with van der Waals surface area (Å²) < 4.78 is 15.5. The number of likely N-dealkylation sites (tertiary alicyclic amines) is 1. The van der Waals surface area contributed by atoms with Crippen LogP contribution < -0.4 is 14.8 Å². The number of amides is 2. The summed E-state index contributed by atoms with van der Waals surface area (Å²) in [6.45, 7) is 1.88. The molecule has 2 aromatic carbocycles. The molecule has 0 spiro atoms. The molecule has 200 valence electrons. The van der Waals surface area contributed by atoms with Crippen molar-refractivity contribution in [2.75, 3.05) is 26.3 Å². The van der Waals surface area contributed by atoms with Crippen molar-refractivity contribution in [3.8, 4) is 11.5 Å². The van der Waals surface area contributed by atoms with Crippen LogP contribution in [0.4, 0.5) is 0 Å². The number of aromatic nitrogens is 2. The molecule has 38 heavy (non-hydrogen) atoms. The van der Waals surface area contributed by atoms with Crippen LogP contribution in [-0.2, 0) is 25.1 Å². The fourth-order valence-corrected chi connectivity index (χ4v) is 4.98. The smallest absolute Gasteiger partial charge is 0.327 e. The van der Waals surface area contributed by atoms with E-state index in [0.29, 0.717) is 69.0 Å². The van der Waals surface area contributed by atoms with E-state index >= 15 is 0 Å². The van der Waals surface area contributed by atoms with Crippen molar-refractivity contribution in [3.63, 3.8) is 0 Å². The molecule has 5 rings (SSSR count). The van der Waals surface area contributed by atoms with Crippen molar-refractivity contribution < 1.29 is 28.1 Å². The van der Waals surface area contributed by atoms with Gasteiger partial charge in [-0.2, -0.15) is 0 Å². The molecule has 2 amide bonds. The number of benzene rings is 2. The molecule has 11 heteroatoms. The SMILES string of the molecule is O=C(CC(NC(=O)C1CCN(C(=O)CCc2nc3ccccc3[nH]2)CC1)c1ccc2c(c1)OCCO2)OCl. The molecular weight excluding hydrogens is 512 g/mol. The van der Waals surface area contributed by atoms with Crippen molar-refractivity contribution in [1.82, 2.24) is 20.2 Å². The van der Waals surface area contributed by atoms with Crippen LogP contribution in [-0.4, -0.2) is 59.0 Å². The molecule has 0 radical (unpaired) electrons. The van der Waals surface area contributed by atoms with Crippen LogP contribution in [0.25, 0.3) is 11.0 Å². The van der Waals surface area contributed by atoms with Gasteiger partial charge in [0.15, 0.2) is 11.5 Å². The highest BCUT2D eigenvalue weighted by atomic mass is 35.5. The number of fused-ring (bicyclic) bond motifs is 2. The van der Waals surface area contributed by atoms with E-state index < -0.39 is 12.0 Å². The van der Waals surface area contributed by atoms with Gasteiger partial charge in [0.1, 0.15) is 30.9 Å². The summed E-state index contributed by atoms with van der Waals surface area (Å²) >= 11 is 5.26. The van der Waals surface area contributed by atoms with E-state index in [1.165, 1.54) is 0 Å². The second kappa shape index (κ2) is 11.7. The number of aryl methyl sites for hydroxylation is 1. The van der Waals surface area contributed by atoms with Gasteiger partial charge in [-0.25, -0.2) is 4.98 Å². The molecule has 10 nitrogen and oxygen atoms in total. The Morgan fingerprint density at radius 1 is 1.11 bits per heavy atom. The zero-order chi connectivity index (χ0) is 26.5. The second-order valence-electron chi connectivity index (χ2n) is 9.47. The average Bonchev–Trinajstić information content (AvgIpc) is 3.38. The summed E-state index contributed by atoms with van der Waals surface area (Å²) in [5.41, 5.74) is 2.52. The number of H-pyrrole nitrogens is 1. The van der Waals surface area contributed by atoms with E-state index in [1.54, 1.807) is 23.1 Å². The Kier molecular flexibility index (Phi) is 7.97. The van der Waals surface area contributed by atoms with E-state index in [4.69, 9.17) is 21.3 Å². The Morgan fingerprint density at radius 2 is 1.87 bits per heavy atom. The van der Waals surface area contributed by atoms with Gasteiger partial charge in [0.2, 0.25) is 11.8 Å². The second-order valence-corrected chi connectivity index (χ2v) is 9.63. The number of ether oxygens (including phenoxy) is 2. The topological polar surface area (TPSA) is 123 Å². The minimum Gasteiger partial charge on any atom is -0.486 e. The first-order chi connectivity index (χ1) is 18.5. The number of carbonyl (C=O) groups excluding carboxylic acids is 3. The Morgan fingerprint density at radius 3 is 2.63 bits per heavy atom. The van der Waals surface area contributed by atoms with Crippen molar-refractivity contribution in [3.05, 3.63) is 53.9 Å². The zero-order valence-electron chi connectivity index (χ0n) is 20.8. The van der Waals surface area contributed by atoms with Gasteiger partial charge in [-0.3, -0.25) is 14.4 Å². The maximum Gasteiger partial charge on any atom is 0.327 e. The summed E-state index contributed by atoms with van der Waals surface area (Å²) in [6, 6.07) is 12.4. The maximum absolute atomic E-state index is 13.1. The lowest BCUT2D eigenvalue weighted by Crippen LogP contribution is -2.44. The molecule has 1 unspecified atom stereocenters. The third kappa shape index (κ3) is 6.02. The number of aromatic amines is 1. The van der Waals surface area contributed by atoms with E-state index in [0.717, 1.165) is 16.9 Å². The van der Waals surface area contributed by atoms with Gasteiger partial charge >= 0.3 is 5.97 Å². The van der Waals surface area contributed by atoms with Crippen molar-refractivity contribution in [2.45, 2.75) is 38.1 Å². The summed E-state index contributed by atoms with van der Waals surface area (Å²) in [5, 5.41) is 2.97. The molecule has 2 aliphatic rings. The molecule has 1 atom stereocenters. The van der Waals surface area contributed by atoms with Crippen LogP contribution in [0.3, 0.4) is 0 Å². The predicted molar refractivity (Wildman–Crippen MR) is 139 cm³/mol. The number of rotatable bonds is 8. The number of nitrogens with one attached hydrogen (secondary N) is 2. The molecule has 3 heterocycles. The Balaban J connectivity index is 1.15. The molecule has 2 N–H and O–H groups in total. The number of piperidine rings is 1. The summed E-state index contributed by atoms with van der Waals surface area (Å²) in [7, 11) is 0. The lowest BCUT2D eigenvalue weighted by Gasteiger charge is -2.32. The lowest BCUT2D eigenvalue weighted by atomic mass is 9.94. The number of imidazole rings is 1. The number of nitrogens with zero attached hydrogens (tertiary/aromatic N) is 2. The number of para-hydroxylation sites is 2. The third-order valence-electron chi connectivity index (χ3n) is 6.97. The third-order valence-corrected chi connectivity index (χ3v) is 7.15. The standard InChI is InChI=1S/C27H29ClN4O6/c28-38-26(34)16-21(18-5-6-22-23(15-18)37-14-13-36-22)31-27(35)17-9-11-32(12-10-17)25(33)8-7-24-29-19-3-1-2-4-20(19)30-24/h1-6,15,17,21H,7-14,16H2,(H,29,30)(H,31,35). The highest BCUT2D eigenvalue weighted by Crippen LogP contribution is 2.34. The van der Waals surface area contributed by atoms with E-state index in [9.17, 15) is 14.4 Å². The summed E-state index contributed by atoms with van der Waals surface area (Å²) in [5.74, 6) is 0.890. The van der Waals surface area contributed by atoms with Gasteiger partial charge in [-0.05, 0) is 42.7 Å². The first kappa shape index (κ1) is 25.8. The average molecular weight is 541 g/mol. The highest BCUT2D eigenvalue weighted by Gasteiger charge is 2.30. The van der Waals surface area contributed by atoms with Crippen LogP contribution >= 0.6 is 11.9 Å². The van der Waals surface area contributed by atoms with E-state index in [-0.39, 0.29) is 24.2 Å². The first-order valence-corrected chi connectivity index (χ1v) is 13.0. The van der Waals surface area contributed by atoms with Crippen LogP contribution in [0.1, 0.15) is 43.1 Å². The first-order valence-electron chi connectivity index (χ1n) is 12.7.